The molecule has 2 aromatic rings. The van der Waals surface area contributed by atoms with Crippen LogP contribution in [-0.4, -0.2) is 10.1 Å². The molecule has 0 spiro atoms. The van der Waals surface area contributed by atoms with Gasteiger partial charge in [-0.05, 0) is 6.07 Å². The Balaban J connectivity index is 2.35. The summed E-state index contributed by atoms with van der Waals surface area (Å²) in [6, 6.07) is 1.85. The Bertz CT molecular complexity index is 353. The van der Waals surface area contributed by atoms with Gasteiger partial charge in [-0.1, -0.05) is 0 Å². The van der Waals surface area contributed by atoms with Crippen LogP contribution in [0.4, 0.5) is 0 Å². The van der Waals surface area contributed by atoms with Gasteiger partial charge in [0.2, 0.25) is 0 Å². The van der Waals surface area contributed by atoms with Gasteiger partial charge in [-0.2, -0.15) is 0 Å². The number of nitrogens with zero attached hydrogens (tertiary/aromatic N) is 1. The molecule has 4 heteroatoms. The minimum absolute atomic E-state index is 0.0511. The van der Waals surface area contributed by atoms with Crippen molar-refractivity contribution in [3.8, 4) is 10.6 Å². The van der Waals surface area contributed by atoms with E-state index in [4.69, 9.17) is 9.52 Å². The van der Waals surface area contributed by atoms with Crippen LogP contribution in [0.5, 0.6) is 0 Å². The molecule has 0 aromatic carbocycles. The maximum Gasteiger partial charge on any atom is 0.126 e. The highest BCUT2D eigenvalue weighted by Gasteiger charge is 2.04. The zero-order valence-electron chi connectivity index (χ0n) is 6.23. The van der Waals surface area contributed by atoms with E-state index in [-0.39, 0.29) is 6.61 Å². The van der Waals surface area contributed by atoms with Crippen molar-refractivity contribution in [3.05, 3.63) is 29.7 Å². The lowest BCUT2D eigenvalue weighted by Crippen LogP contribution is -1.70. The summed E-state index contributed by atoms with van der Waals surface area (Å²) in [4.78, 5) is 4.99. The molecule has 3 nitrogen and oxygen atoms in total. The van der Waals surface area contributed by atoms with Gasteiger partial charge in [-0.25, -0.2) is 4.98 Å². The Morgan fingerprint density at radius 3 is 3.08 bits per heavy atom. The highest BCUT2D eigenvalue weighted by molar-refractivity contribution is 7.15. The Hall–Kier alpha value is -1.13. The van der Waals surface area contributed by atoms with Crippen LogP contribution in [0.25, 0.3) is 10.6 Å². The Morgan fingerprint density at radius 1 is 1.58 bits per heavy atom. The first-order chi connectivity index (χ1) is 5.90. The van der Waals surface area contributed by atoms with Gasteiger partial charge in [0.25, 0.3) is 0 Å². The minimum atomic E-state index is 0.0511. The summed E-state index contributed by atoms with van der Waals surface area (Å²) in [5.41, 5.74) is 0.958. The van der Waals surface area contributed by atoms with Gasteiger partial charge in [0, 0.05) is 11.8 Å². The Labute approximate surface area is 73.3 Å². The second-order valence-corrected chi connectivity index (χ2v) is 3.42. The zero-order chi connectivity index (χ0) is 8.39. The van der Waals surface area contributed by atoms with Crippen molar-refractivity contribution in [2.45, 2.75) is 6.61 Å². The molecule has 0 aliphatic rings. The molecule has 0 saturated heterocycles. The molecule has 2 aromatic heterocycles. The van der Waals surface area contributed by atoms with Crippen LogP contribution >= 0.6 is 11.3 Å². The maximum absolute atomic E-state index is 8.80. The molecule has 0 amide bonds. The molecule has 2 heterocycles. The highest BCUT2D eigenvalue weighted by Crippen LogP contribution is 2.24. The summed E-state index contributed by atoms with van der Waals surface area (Å²) in [5.74, 6) is 0. The lowest BCUT2D eigenvalue weighted by molar-refractivity contribution is 0.285. The van der Waals surface area contributed by atoms with Crippen molar-refractivity contribution in [1.29, 1.82) is 0 Å². The van der Waals surface area contributed by atoms with Crippen LogP contribution in [0.1, 0.15) is 4.88 Å². The van der Waals surface area contributed by atoms with Crippen molar-refractivity contribution in [1.82, 2.24) is 4.98 Å². The number of aliphatic hydroxyl groups excluding tert-OH is 1. The lowest BCUT2D eigenvalue weighted by atomic mass is 10.4. The van der Waals surface area contributed by atoms with Gasteiger partial charge in [-0.3, -0.25) is 0 Å². The fourth-order valence-electron chi connectivity index (χ4n) is 0.900. The van der Waals surface area contributed by atoms with E-state index in [0.717, 1.165) is 15.4 Å². The van der Waals surface area contributed by atoms with Crippen molar-refractivity contribution in [3.63, 3.8) is 0 Å². The minimum Gasteiger partial charge on any atom is -0.472 e. The number of thiazole rings is 1. The SMILES string of the molecule is OCc1cnc(-c2ccoc2)s1. The summed E-state index contributed by atoms with van der Waals surface area (Å²) >= 11 is 1.47. The fourth-order valence-corrected chi connectivity index (χ4v) is 1.66. The number of rotatable bonds is 2. The van der Waals surface area contributed by atoms with Crippen molar-refractivity contribution in [2.24, 2.45) is 0 Å². The molecule has 0 bridgehead atoms. The molecule has 0 fully saturated rings. The molecule has 0 atom stereocenters. The second-order valence-electron chi connectivity index (χ2n) is 2.30. The number of aromatic nitrogens is 1. The predicted molar refractivity (Wildman–Crippen MR) is 45.7 cm³/mol. The maximum atomic E-state index is 8.80. The molecular weight excluding hydrogens is 174 g/mol. The average molecular weight is 181 g/mol. The third-order valence-electron chi connectivity index (χ3n) is 1.48. The smallest absolute Gasteiger partial charge is 0.126 e. The van der Waals surface area contributed by atoms with Crippen molar-refractivity contribution in [2.75, 3.05) is 0 Å². The van der Waals surface area contributed by atoms with Crippen molar-refractivity contribution >= 4 is 11.3 Å². The summed E-state index contributed by atoms with van der Waals surface area (Å²) in [6.07, 6.45) is 4.92. The summed E-state index contributed by atoms with van der Waals surface area (Å²) in [5, 5.41) is 9.68. The van der Waals surface area contributed by atoms with Gasteiger partial charge >= 0.3 is 0 Å². The largest absolute Gasteiger partial charge is 0.472 e. The highest BCUT2D eigenvalue weighted by atomic mass is 32.1. The molecule has 0 aliphatic heterocycles. The van der Waals surface area contributed by atoms with E-state index in [1.807, 2.05) is 6.07 Å². The number of hydrogen-bond acceptors (Lipinski definition) is 4. The van der Waals surface area contributed by atoms with Crippen LogP contribution < -0.4 is 0 Å². The Kier molecular flexibility index (Phi) is 1.93. The molecule has 1 N–H and O–H groups in total. The fraction of sp³-hybridized carbons (Fsp3) is 0.125. The number of aliphatic hydroxyl groups is 1. The van der Waals surface area contributed by atoms with Gasteiger partial charge in [0.15, 0.2) is 0 Å². The average Bonchev–Trinajstić information content (AvgIpc) is 2.75. The standard InChI is InChI=1S/C8H7NO2S/c10-4-7-3-9-8(12-7)6-1-2-11-5-6/h1-3,5,10H,4H2. The van der Waals surface area contributed by atoms with E-state index in [1.165, 1.54) is 11.3 Å². The van der Waals surface area contributed by atoms with Crippen molar-refractivity contribution < 1.29 is 9.52 Å². The van der Waals surface area contributed by atoms with E-state index >= 15 is 0 Å². The van der Waals surface area contributed by atoms with Gasteiger partial charge in [0.1, 0.15) is 11.3 Å². The quantitative estimate of drug-likeness (QED) is 0.769. The number of furan rings is 1. The molecular formula is C8H7NO2S. The van der Waals surface area contributed by atoms with Gasteiger partial charge in [0.05, 0.1) is 17.7 Å². The van der Waals surface area contributed by atoms with Crippen LogP contribution in [-0.2, 0) is 6.61 Å². The van der Waals surface area contributed by atoms with E-state index in [1.54, 1.807) is 18.7 Å². The predicted octanol–water partition coefficient (Wildman–Crippen LogP) is 1.90. The topological polar surface area (TPSA) is 46.3 Å². The normalized spacial score (nSPS) is 10.4. The third-order valence-corrected chi connectivity index (χ3v) is 2.51. The second kappa shape index (κ2) is 3.08. The molecule has 0 unspecified atom stereocenters. The summed E-state index contributed by atoms with van der Waals surface area (Å²) in [7, 11) is 0. The van der Waals surface area contributed by atoms with Crippen LogP contribution in [0.15, 0.2) is 29.2 Å². The van der Waals surface area contributed by atoms with E-state index < -0.39 is 0 Å². The van der Waals surface area contributed by atoms with Gasteiger partial charge in [-0.15, -0.1) is 11.3 Å². The van der Waals surface area contributed by atoms with Crippen LogP contribution in [0, 0.1) is 0 Å². The van der Waals surface area contributed by atoms with E-state index in [0.29, 0.717) is 0 Å². The third kappa shape index (κ3) is 1.26. The van der Waals surface area contributed by atoms with Crippen LogP contribution in [0.3, 0.4) is 0 Å². The molecule has 62 valence electrons. The van der Waals surface area contributed by atoms with E-state index in [2.05, 4.69) is 4.98 Å². The number of hydrogen-bond donors (Lipinski definition) is 1. The van der Waals surface area contributed by atoms with Gasteiger partial charge < -0.3 is 9.52 Å². The first-order valence-electron chi connectivity index (χ1n) is 3.48. The Morgan fingerprint density at radius 2 is 2.50 bits per heavy atom. The first-order valence-corrected chi connectivity index (χ1v) is 4.30. The summed E-state index contributed by atoms with van der Waals surface area (Å²) in [6.45, 7) is 0.0511. The molecule has 0 radical (unpaired) electrons. The summed E-state index contributed by atoms with van der Waals surface area (Å²) < 4.78 is 4.92. The molecule has 2 rings (SSSR count). The molecule has 0 aliphatic carbocycles. The first kappa shape index (κ1) is 7.52. The monoisotopic (exact) mass is 181 g/mol. The lowest BCUT2D eigenvalue weighted by Gasteiger charge is -1.84. The molecule has 12 heavy (non-hydrogen) atoms. The zero-order valence-corrected chi connectivity index (χ0v) is 7.04. The molecule has 0 saturated carbocycles. The van der Waals surface area contributed by atoms with E-state index in [9.17, 15) is 0 Å². The van der Waals surface area contributed by atoms with Crippen LogP contribution in [0.2, 0.25) is 0 Å².